The molecule has 0 aromatic heterocycles. The molecule has 2 unspecified atom stereocenters. The number of hydrogen-bond acceptors (Lipinski definition) is 3. The van der Waals surface area contributed by atoms with Crippen LogP contribution in [-0.2, 0) is 6.61 Å². The van der Waals surface area contributed by atoms with E-state index < -0.39 is 0 Å². The number of hydrogen-bond donors (Lipinski definition) is 2. The van der Waals surface area contributed by atoms with Crippen LogP contribution in [0.3, 0.4) is 0 Å². The number of aliphatic hydroxyl groups is 1. The van der Waals surface area contributed by atoms with Crippen molar-refractivity contribution in [3.8, 4) is 0 Å². The van der Waals surface area contributed by atoms with Crippen LogP contribution in [0.4, 0.5) is 4.39 Å². The molecule has 0 radical (unpaired) electrons. The fourth-order valence-electron chi connectivity index (χ4n) is 2.92. The van der Waals surface area contributed by atoms with E-state index in [4.69, 9.17) is 0 Å². The minimum absolute atomic E-state index is 0.0503. The number of benzene rings is 2. The Balaban J connectivity index is 1.80. The van der Waals surface area contributed by atoms with Gasteiger partial charge < -0.3 is 10.4 Å². The smallest absolute Gasteiger partial charge is 0.137 e. The zero-order valence-corrected chi connectivity index (χ0v) is 13.4. The lowest BCUT2D eigenvalue weighted by Gasteiger charge is -2.29. The van der Waals surface area contributed by atoms with Gasteiger partial charge in [0.15, 0.2) is 0 Å². The van der Waals surface area contributed by atoms with E-state index in [1.807, 2.05) is 24.3 Å². The van der Waals surface area contributed by atoms with Gasteiger partial charge in [-0.25, -0.2) is 4.39 Å². The molecule has 2 aromatic carbocycles. The number of thioether (sulfide) groups is 1. The molecule has 2 atom stereocenters. The average molecular weight is 317 g/mol. The van der Waals surface area contributed by atoms with Gasteiger partial charge in [-0.1, -0.05) is 36.4 Å². The summed E-state index contributed by atoms with van der Waals surface area (Å²) in [5, 5.41) is 12.9. The Kier molecular flexibility index (Phi) is 4.81. The molecule has 0 saturated heterocycles. The van der Waals surface area contributed by atoms with Crippen molar-refractivity contribution in [3.05, 3.63) is 65.0 Å². The largest absolute Gasteiger partial charge is 0.392 e. The van der Waals surface area contributed by atoms with Gasteiger partial charge in [0.05, 0.1) is 6.61 Å². The van der Waals surface area contributed by atoms with Crippen molar-refractivity contribution in [1.82, 2.24) is 5.32 Å². The summed E-state index contributed by atoms with van der Waals surface area (Å²) in [6.07, 6.45) is 0.991. The summed E-state index contributed by atoms with van der Waals surface area (Å²) < 4.78 is 13.9. The molecule has 0 bridgehead atoms. The first-order valence-electron chi connectivity index (χ1n) is 7.56. The number of halogens is 1. The van der Waals surface area contributed by atoms with E-state index in [2.05, 4.69) is 18.3 Å². The molecule has 0 aliphatic carbocycles. The molecule has 0 saturated carbocycles. The highest BCUT2D eigenvalue weighted by molar-refractivity contribution is 7.99. The third-order valence-electron chi connectivity index (χ3n) is 4.11. The standard InChI is InChI=1S/C18H20FNOS/c1-12(14-5-2-4-13(10-14)11-21)20-17-8-9-22-18-15(17)6-3-7-16(18)19/h2-7,10,12,17,20-21H,8-9,11H2,1H3. The zero-order valence-electron chi connectivity index (χ0n) is 12.6. The minimum Gasteiger partial charge on any atom is -0.392 e. The van der Waals surface area contributed by atoms with Gasteiger partial charge in [0.25, 0.3) is 0 Å². The summed E-state index contributed by atoms with van der Waals surface area (Å²) >= 11 is 1.60. The van der Waals surface area contributed by atoms with Crippen LogP contribution in [0.5, 0.6) is 0 Å². The van der Waals surface area contributed by atoms with Crippen molar-refractivity contribution in [3.63, 3.8) is 0 Å². The quantitative estimate of drug-likeness (QED) is 0.886. The first-order valence-corrected chi connectivity index (χ1v) is 8.54. The SMILES string of the molecule is CC(NC1CCSc2c(F)cccc21)c1cccc(CO)c1. The summed E-state index contributed by atoms with van der Waals surface area (Å²) in [6, 6.07) is 13.6. The summed E-state index contributed by atoms with van der Waals surface area (Å²) in [6.45, 7) is 2.16. The van der Waals surface area contributed by atoms with Gasteiger partial charge >= 0.3 is 0 Å². The summed E-state index contributed by atoms with van der Waals surface area (Å²) in [4.78, 5) is 0.780. The van der Waals surface area contributed by atoms with E-state index in [0.717, 1.165) is 33.8 Å². The molecule has 22 heavy (non-hydrogen) atoms. The second kappa shape index (κ2) is 6.82. The lowest BCUT2D eigenvalue weighted by molar-refractivity contribution is 0.281. The second-order valence-electron chi connectivity index (χ2n) is 5.64. The topological polar surface area (TPSA) is 32.3 Å². The van der Waals surface area contributed by atoms with Crippen LogP contribution >= 0.6 is 11.8 Å². The Morgan fingerprint density at radius 2 is 2.14 bits per heavy atom. The Morgan fingerprint density at radius 3 is 2.95 bits per heavy atom. The number of nitrogens with one attached hydrogen (secondary N) is 1. The van der Waals surface area contributed by atoms with Gasteiger partial charge in [0, 0.05) is 17.0 Å². The molecular weight excluding hydrogens is 297 g/mol. The average Bonchev–Trinajstić information content (AvgIpc) is 2.56. The molecule has 116 valence electrons. The van der Waals surface area contributed by atoms with Gasteiger partial charge in [0.2, 0.25) is 0 Å². The fourth-order valence-corrected chi connectivity index (χ4v) is 4.06. The summed E-state index contributed by atoms with van der Waals surface area (Å²) in [7, 11) is 0. The lowest BCUT2D eigenvalue weighted by Crippen LogP contribution is -2.27. The first kappa shape index (κ1) is 15.5. The summed E-state index contributed by atoms with van der Waals surface area (Å²) in [5.41, 5.74) is 3.11. The normalized spacial score (nSPS) is 18.8. The Hall–Kier alpha value is -1.36. The molecule has 1 aliphatic rings. The van der Waals surface area contributed by atoms with Gasteiger partial charge in [-0.3, -0.25) is 0 Å². The Labute approximate surface area is 134 Å². The Bertz CT molecular complexity index is 661. The van der Waals surface area contributed by atoms with Crippen molar-refractivity contribution < 1.29 is 9.50 Å². The molecule has 2 N–H and O–H groups in total. The maximum atomic E-state index is 13.9. The predicted octanol–water partition coefficient (Wildman–Crippen LogP) is 4.21. The third kappa shape index (κ3) is 3.19. The van der Waals surface area contributed by atoms with Crippen LogP contribution in [0.2, 0.25) is 0 Å². The summed E-state index contributed by atoms with van der Waals surface area (Å²) in [5.74, 6) is 0.804. The molecule has 2 aromatic rings. The van der Waals surface area contributed by atoms with Crippen molar-refractivity contribution >= 4 is 11.8 Å². The van der Waals surface area contributed by atoms with E-state index in [1.165, 1.54) is 6.07 Å². The van der Waals surface area contributed by atoms with Crippen molar-refractivity contribution in [2.45, 2.75) is 36.9 Å². The van der Waals surface area contributed by atoms with Gasteiger partial charge in [-0.05, 0) is 41.9 Å². The van der Waals surface area contributed by atoms with Crippen molar-refractivity contribution in [1.29, 1.82) is 0 Å². The highest BCUT2D eigenvalue weighted by atomic mass is 32.2. The molecular formula is C18H20FNOS. The van der Waals surface area contributed by atoms with Crippen LogP contribution in [0, 0.1) is 5.82 Å². The highest BCUT2D eigenvalue weighted by Gasteiger charge is 2.24. The maximum absolute atomic E-state index is 13.9. The molecule has 3 rings (SSSR count). The predicted molar refractivity (Wildman–Crippen MR) is 88.4 cm³/mol. The van der Waals surface area contributed by atoms with E-state index in [1.54, 1.807) is 17.8 Å². The number of aliphatic hydroxyl groups excluding tert-OH is 1. The van der Waals surface area contributed by atoms with Crippen LogP contribution < -0.4 is 5.32 Å². The number of fused-ring (bicyclic) bond motifs is 1. The van der Waals surface area contributed by atoms with Crippen LogP contribution in [0.25, 0.3) is 0 Å². The second-order valence-corrected chi connectivity index (χ2v) is 6.74. The molecule has 1 aliphatic heterocycles. The van der Waals surface area contributed by atoms with Crippen LogP contribution in [-0.4, -0.2) is 10.9 Å². The van der Waals surface area contributed by atoms with Gasteiger partial charge in [-0.2, -0.15) is 0 Å². The maximum Gasteiger partial charge on any atom is 0.137 e. The molecule has 0 spiro atoms. The van der Waals surface area contributed by atoms with Crippen molar-refractivity contribution in [2.75, 3.05) is 5.75 Å². The molecule has 4 heteroatoms. The van der Waals surface area contributed by atoms with E-state index in [0.29, 0.717) is 0 Å². The fraction of sp³-hybridized carbons (Fsp3) is 0.333. The first-order chi connectivity index (χ1) is 10.7. The van der Waals surface area contributed by atoms with Gasteiger partial charge in [0.1, 0.15) is 5.82 Å². The monoisotopic (exact) mass is 317 g/mol. The zero-order chi connectivity index (χ0) is 15.5. The highest BCUT2D eigenvalue weighted by Crippen LogP contribution is 2.38. The Morgan fingerprint density at radius 1 is 1.32 bits per heavy atom. The van der Waals surface area contributed by atoms with E-state index in [9.17, 15) is 9.50 Å². The van der Waals surface area contributed by atoms with E-state index >= 15 is 0 Å². The van der Waals surface area contributed by atoms with E-state index in [-0.39, 0.29) is 24.5 Å². The minimum atomic E-state index is -0.121. The third-order valence-corrected chi connectivity index (χ3v) is 5.27. The molecule has 0 fully saturated rings. The number of rotatable bonds is 4. The molecule has 2 nitrogen and oxygen atoms in total. The van der Waals surface area contributed by atoms with Gasteiger partial charge in [-0.15, -0.1) is 11.8 Å². The molecule has 1 heterocycles. The molecule has 0 amide bonds. The van der Waals surface area contributed by atoms with Crippen LogP contribution in [0.15, 0.2) is 47.4 Å². The van der Waals surface area contributed by atoms with Crippen LogP contribution in [0.1, 0.15) is 42.1 Å². The van der Waals surface area contributed by atoms with Crippen molar-refractivity contribution in [2.24, 2.45) is 0 Å². The lowest BCUT2D eigenvalue weighted by atomic mass is 9.99.